The topological polar surface area (TPSA) is 109 Å². The molecule has 0 radical (unpaired) electrons. The predicted octanol–water partition coefficient (Wildman–Crippen LogP) is 0.413. The third kappa shape index (κ3) is 5.47. The van der Waals surface area contributed by atoms with Gasteiger partial charge in [0.25, 0.3) is 5.91 Å². The van der Waals surface area contributed by atoms with E-state index in [2.05, 4.69) is 35.1 Å². The van der Waals surface area contributed by atoms with E-state index in [1.54, 1.807) is 18.5 Å². The first-order valence-corrected chi connectivity index (χ1v) is 8.95. The molecule has 0 aromatic carbocycles. The second kappa shape index (κ2) is 9.06. The van der Waals surface area contributed by atoms with E-state index < -0.39 is 0 Å². The Hall–Kier alpha value is -3.04. The predicted molar refractivity (Wildman–Crippen MR) is 99.6 cm³/mol. The Morgan fingerprint density at radius 3 is 2.59 bits per heavy atom. The molecule has 3 rings (SSSR count). The van der Waals surface area contributed by atoms with Crippen LogP contribution in [0, 0.1) is 0 Å². The molecule has 10 heteroatoms. The number of ether oxygens (including phenoxy) is 1. The first kappa shape index (κ1) is 18.7. The molecule has 0 saturated carbocycles. The number of nitrogens with one attached hydrogen (secondary N) is 1. The van der Waals surface area contributed by atoms with Gasteiger partial charge in [0.15, 0.2) is 12.4 Å². The highest BCUT2D eigenvalue weighted by Crippen LogP contribution is 2.17. The van der Waals surface area contributed by atoms with Gasteiger partial charge in [-0.2, -0.15) is 15.0 Å². The zero-order chi connectivity index (χ0) is 19.1. The molecular formula is C17H24N8O2. The van der Waals surface area contributed by atoms with Crippen molar-refractivity contribution in [1.82, 2.24) is 30.2 Å². The van der Waals surface area contributed by atoms with E-state index in [1.807, 2.05) is 19.0 Å². The van der Waals surface area contributed by atoms with Crippen molar-refractivity contribution in [2.75, 3.05) is 43.6 Å². The van der Waals surface area contributed by atoms with Crippen molar-refractivity contribution in [3.8, 4) is 6.01 Å². The SMILES string of the molecule is CN(C)c1nc(CNC(=O)COc2ncccn2)nc(N2CCCCC2)n1. The van der Waals surface area contributed by atoms with Gasteiger partial charge < -0.3 is 19.9 Å². The van der Waals surface area contributed by atoms with E-state index in [0.717, 1.165) is 25.9 Å². The molecule has 1 fully saturated rings. The second-order valence-electron chi connectivity index (χ2n) is 6.39. The molecule has 0 bridgehead atoms. The van der Waals surface area contributed by atoms with Crippen molar-refractivity contribution < 1.29 is 9.53 Å². The largest absolute Gasteiger partial charge is 0.453 e. The lowest BCUT2D eigenvalue weighted by Crippen LogP contribution is -2.33. The number of hydrogen-bond acceptors (Lipinski definition) is 9. The molecule has 1 aliphatic rings. The fourth-order valence-corrected chi connectivity index (χ4v) is 2.63. The number of piperidine rings is 1. The molecule has 0 aliphatic carbocycles. The van der Waals surface area contributed by atoms with Crippen LogP contribution in [0.15, 0.2) is 18.5 Å². The molecule has 0 spiro atoms. The fourth-order valence-electron chi connectivity index (χ4n) is 2.63. The summed E-state index contributed by atoms with van der Waals surface area (Å²) in [5.74, 6) is 1.45. The van der Waals surface area contributed by atoms with E-state index in [4.69, 9.17) is 4.74 Å². The molecule has 27 heavy (non-hydrogen) atoms. The number of amides is 1. The van der Waals surface area contributed by atoms with Crippen LogP contribution in [0.1, 0.15) is 25.1 Å². The number of hydrogen-bond donors (Lipinski definition) is 1. The standard InChI is InChI=1S/C17H24N8O2/c1-24(2)15-21-13(22-16(23-15)25-9-4-3-5-10-25)11-20-14(26)12-27-17-18-7-6-8-19-17/h6-8H,3-5,9-12H2,1-2H3,(H,20,26). The van der Waals surface area contributed by atoms with Crippen molar-refractivity contribution >= 4 is 17.8 Å². The van der Waals surface area contributed by atoms with E-state index in [-0.39, 0.29) is 25.1 Å². The van der Waals surface area contributed by atoms with Crippen LogP contribution in [-0.4, -0.2) is 64.6 Å². The highest BCUT2D eigenvalue weighted by Gasteiger charge is 2.17. The summed E-state index contributed by atoms with van der Waals surface area (Å²) in [6.07, 6.45) is 6.60. The van der Waals surface area contributed by atoms with Crippen molar-refractivity contribution in [3.05, 3.63) is 24.3 Å². The van der Waals surface area contributed by atoms with Gasteiger partial charge in [-0.05, 0) is 25.3 Å². The lowest BCUT2D eigenvalue weighted by atomic mass is 10.1. The maximum Gasteiger partial charge on any atom is 0.316 e. The summed E-state index contributed by atoms with van der Waals surface area (Å²) in [7, 11) is 3.76. The van der Waals surface area contributed by atoms with Crippen LogP contribution in [0.3, 0.4) is 0 Å². The second-order valence-corrected chi connectivity index (χ2v) is 6.39. The van der Waals surface area contributed by atoms with Gasteiger partial charge in [0.1, 0.15) is 0 Å². The Balaban J connectivity index is 1.61. The first-order valence-electron chi connectivity index (χ1n) is 8.95. The molecule has 0 atom stereocenters. The van der Waals surface area contributed by atoms with Crippen LogP contribution in [0.4, 0.5) is 11.9 Å². The summed E-state index contributed by atoms with van der Waals surface area (Å²) in [4.78, 5) is 37.3. The number of carbonyl (C=O) groups is 1. The molecule has 1 aliphatic heterocycles. The average molecular weight is 372 g/mol. The summed E-state index contributed by atoms with van der Waals surface area (Å²) in [5, 5.41) is 2.76. The molecular weight excluding hydrogens is 348 g/mol. The number of carbonyl (C=O) groups excluding carboxylic acids is 1. The van der Waals surface area contributed by atoms with Crippen molar-refractivity contribution in [2.45, 2.75) is 25.8 Å². The molecule has 2 aromatic rings. The zero-order valence-electron chi connectivity index (χ0n) is 15.6. The quantitative estimate of drug-likeness (QED) is 0.739. The van der Waals surface area contributed by atoms with E-state index in [1.165, 1.54) is 6.42 Å². The maximum absolute atomic E-state index is 12.0. The molecule has 1 N–H and O–H groups in total. The fraction of sp³-hybridized carbons (Fsp3) is 0.529. The van der Waals surface area contributed by atoms with E-state index >= 15 is 0 Å². The average Bonchev–Trinajstić information content (AvgIpc) is 2.72. The van der Waals surface area contributed by atoms with Gasteiger partial charge in [-0.25, -0.2) is 9.97 Å². The zero-order valence-corrected chi connectivity index (χ0v) is 15.6. The summed E-state index contributed by atoms with van der Waals surface area (Å²) in [6, 6.07) is 1.84. The molecule has 3 heterocycles. The van der Waals surface area contributed by atoms with Gasteiger partial charge in [-0.15, -0.1) is 0 Å². The van der Waals surface area contributed by atoms with Crippen LogP contribution < -0.4 is 19.9 Å². The Bertz CT molecular complexity index is 750. The smallest absolute Gasteiger partial charge is 0.316 e. The summed E-state index contributed by atoms with van der Waals surface area (Å²) in [5.41, 5.74) is 0. The van der Waals surface area contributed by atoms with Gasteiger partial charge >= 0.3 is 6.01 Å². The minimum Gasteiger partial charge on any atom is -0.453 e. The summed E-state index contributed by atoms with van der Waals surface area (Å²) < 4.78 is 5.23. The van der Waals surface area contributed by atoms with Crippen LogP contribution in [0.5, 0.6) is 6.01 Å². The minimum atomic E-state index is -0.297. The van der Waals surface area contributed by atoms with Crippen LogP contribution in [-0.2, 0) is 11.3 Å². The number of aromatic nitrogens is 5. The maximum atomic E-state index is 12.0. The molecule has 144 valence electrons. The Labute approximate surface area is 158 Å². The van der Waals surface area contributed by atoms with Gasteiger partial charge in [0.05, 0.1) is 6.54 Å². The van der Waals surface area contributed by atoms with E-state index in [0.29, 0.717) is 17.7 Å². The normalized spacial score (nSPS) is 13.9. The number of rotatable bonds is 7. The highest BCUT2D eigenvalue weighted by atomic mass is 16.5. The molecule has 1 amide bonds. The van der Waals surface area contributed by atoms with Gasteiger partial charge in [0, 0.05) is 39.6 Å². The summed E-state index contributed by atoms with van der Waals surface area (Å²) in [6.45, 7) is 1.90. The highest BCUT2D eigenvalue weighted by molar-refractivity contribution is 5.77. The monoisotopic (exact) mass is 372 g/mol. The van der Waals surface area contributed by atoms with Crippen LogP contribution >= 0.6 is 0 Å². The van der Waals surface area contributed by atoms with Crippen LogP contribution in [0.25, 0.3) is 0 Å². The lowest BCUT2D eigenvalue weighted by Gasteiger charge is -2.27. The van der Waals surface area contributed by atoms with Crippen LogP contribution in [0.2, 0.25) is 0 Å². The molecule has 10 nitrogen and oxygen atoms in total. The van der Waals surface area contributed by atoms with Gasteiger partial charge in [-0.3, -0.25) is 4.79 Å². The molecule has 1 saturated heterocycles. The van der Waals surface area contributed by atoms with Gasteiger partial charge in [-0.1, -0.05) is 0 Å². The third-order valence-corrected chi connectivity index (χ3v) is 4.02. The van der Waals surface area contributed by atoms with E-state index in [9.17, 15) is 4.79 Å². The minimum absolute atomic E-state index is 0.162. The number of nitrogens with zero attached hydrogens (tertiary/aromatic N) is 7. The van der Waals surface area contributed by atoms with Crippen molar-refractivity contribution in [3.63, 3.8) is 0 Å². The Morgan fingerprint density at radius 2 is 1.89 bits per heavy atom. The summed E-state index contributed by atoms with van der Waals surface area (Å²) >= 11 is 0. The first-order chi connectivity index (χ1) is 13.1. The Morgan fingerprint density at radius 1 is 1.15 bits per heavy atom. The van der Waals surface area contributed by atoms with Crippen molar-refractivity contribution in [2.24, 2.45) is 0 Å². The lowest BCUT2D eigenvalue weighted by molar-refractivity contribution is -0.123. The van der Waals surface area contributed by atoms with Gasteiger partial charge in [0.2, 0.25) is 11.9 Å². The molecule has 0 unspecified atom stereocenters. The Kier molecular flexibility index (Phi) is 6.29. The number of anilines is 2. The third-order valence-electron chi connectivity index (χ3n) is 4.02. The van der Waals surface area contributed by atoms with Crippen molar-refractivity contribution in [1.29, 1.82) is 0 Å². The molecule has 2 aromatic heterocycles.